The predicted molar refractivity (Wildman–Crippen MR) is 139 cm³/mol. The maximum atomic E-state index is 15.1. The van der Waals surface area contributed by atoms with Crippen LogP contribution in [0.2, 0.25) is 0 Å². The maximum absolute atomic E-state index is 15.1. The second-order valence-electron chi connectivity index (χ2n) is 9.77. The fourth-order valence-corrected chi connectivity index (χ4v) is 4.95. The Morgan fingerprint density at radius 1 is 0.868 bits per heavy atom. The number of halogens is 4. The summed E-state index contributed by atoms with van der Waals surface area (Å²) in [6, 6.07) is 12.3. The van der Waals surface area contributed by atoms with Crippen molar-refractivity contribution in [3.05, 3.63) is 95.6 Å². The molecule has 1 saturated carbocycles. The van der Waals surface area contributed by atoms with Gasteiger partial charge in [-0.05, 0) is 86.3 Å². The lowest BCUT2D eigenvalue weighted by molar-refractivity contribution is 0.0964. The summed E-state index contributed by atoms with van der Waals surface area (Å²) >= 11 is 0. The first-order chi connectivity index (χ1) is 18.3. The van der Waals surface area contributed by atoms with Gasteiger partial charge in [0.1, 0.15) is 12.4 Å². The quantitative estimate of drug-likeness (QED) is 0.164. The molecule has 3 aromatic carbocycles. The van der Waals surface area contributed by atoms with Gasteiger partial charge in [-0.3, -0.25) is 0 Å². The van der Waals surface area contributed by atoms with Crippen LogP contribution in [0.4, 0.5) is 17.6 Å². The third-order valence-electron chi connectivity index (χ3n) is 7.27. The van der Waals surface area contributed by atoms with Gasteiger partial charge in [0.2, 0.25) is 5.82 Å². The number of rotatable bonds is 10. The minimum absolute atomic E-state index is 0.0221. The van der Waals surface area contributed by atoms with Gasteiger partial charge in [0.15, 0.2) is 23.2 Å². The fraction of sp³-hybridized carbons (Fsp3) is 0.355. The maximum Gasteiger partial charge on any atom is 0.201 e. The molecule has 1 N–H and O–H groups in total. The van der Waals surface area contributed by atoms with Gasteiger partial charge in [-0.15, -0.1) is 6.58 Å². The Morgan fingerprint density at radius 3 is 2.24 bits per heavy atom. The monoisotopic (exact) mass is 528 g/mol. The number of hydrogen-bond donors (Lipinski definition) is 1. The van der Waals surface area contributed by atoms with Crippen LogP contribution >= 0.6 is 0 Å². The lowest BCUT2D eigenvalue weighted by Crippen LogP contribution is -2.23. The van der Waals surface area contributed by atoms with Gasteiger partial charge in [-0.25, -0.2) is 13.2 Å². The molecular weight excluding hydrogens is 496 g/mol. The Bertz CT molecular complexity index is 1250. The van der Waals surface area contributed by atoms with Crippen molar-refractivity contribution in [3.8, 4) is 22.6 Å². The highest BCUT2D eigenvalue weighted by Gasteiger charge is 2.28. The minimum atomic E-state index is -1.08. The number of hydrogen-bond acceptors (Lipinski definition) is 3. The van der Waals surface area contributed by atoms with Crippen molar-refractivity contribution in [2.45, 2.75) is 57.7 Å². The summed E-state index contributed by atoms with van der Waals surface area (Å²) in [7, 11) is 0. The van der Waals surface area contributed by atoms with Crippen molar-refractivity contribution in [2.75, 3.05) is 6.61 Å². The summed E-state index contributed by atoms with van der Waals surface area (Å²) in [5.74, 6) is -3.54. The molecule has 4 rings (SSSR count). The van der Waals surface area contributed by atoms with E-state index < -0.39 is 23.3 Å². The van der Waals surface area contributed by atoms with Gasteiger partial charge in [-0.2, -0.15) is 4.39 Å². The zero-order valence-electron chi connectivity index (χ0n) is 21.4. The molecule has 0 saturated heterocycles. The van der Waals surface area contributed by atoms with Crippen LogP contribution in [-0.4, -0.2) is 17.8 Å². The molecule has 0 aromatic heterocycles. The molecule has 3 nitrogen and oxygen atoms in total. The highest BCUT2D eigenvalue weighted by Crippen LogP contribution is 2.40. The molecule has 202 valence electrons. The number of aliphatic hydroxyl groups is 1. The van der Waals surface area contributed by atoms with E-state index in [1.165, 1.54) is 12.1 Å². The van der Waals surface area contributed by atoms with Crippen molar-refractivity contribution >= 4 is 0 Å². The normalized spacial score (nSPS) is 18.2. The Labute approximate surface area is 220 Å². The molecule has 0 radical (unpaired) electrons. The van der Waals surface area contributed by atoms with E-state index in [0.717, 1.165) is 12.8 Å². The average molecular weight is 529 g/mol. The minimum Gasteiger partial charge on any atom is -0.490 e. The summed E-state index contributed by atoms with van der Waals surface area (Å²) in [4.78, 5) is 0. The summed E-state index contributed by atoms with van der Waals surface area (Å²) in [6.45, 7) is 5.30. The standard InChI is InChI=1S/C31H32F4O3/c1-3-4-17-37-27-16-11-23(28(32)31(27)35)18-38-24-12-9-22(10-13-24)26-15-14-25(29(33)30(26)34)21-7-5-20(6-8-21)19(2)36/h3,9-16,19-21,36H,1,4-8,17-18H2,2H3. The first-order valence-electron chi connectivity index (χ1n) is 12.9. The molecule has 38 heavy (non-hydrogen) atoms. The zero-order chi connectivity index (χ0) is 27.2. The summed E-state index contributed by atoms with van der Waals surface area (Å²) in [6.07, 6.45) is 4.75. The van der Waals surface area contributed by atoms with E-state index in [4.69, 9.17) is 9.47 Å². The van der Waals surface area contributed by atoms with Crippen LogP contribution in [-0.2, 0) is 6.61 Å². The summed E-state index contributed by atoms with van der Waals surface area (Å²) in [5.41, 5.74) is 1.00. The van der Waals surface area contributed by atoms with Gasteiger partial charge in [-0.1, -0.05) is 30.3 Å². The van der Waals surface area contributed by atoms with E-state index in [2.05, 4.69) is 6.58 Å². The van der Waals surface area contributed by atoms with Gasteiger partial charge in [0.25, 0.3) is 0 Å². The molecule has 1 aliphatic carbocycles. The molecule has 0 heterocycles. The van der Waals surface area contributed by atoms with Crippen LogP contribution in [0.15, 0.2) is 61.2 Å². The number of benzene rings is 3. The molecule has 0 bridgehead atoms. The Kier molecular flexibility index (Phi) is 9.10. The second kappa shape index (κ2) is 12.5. The van der Waals surface area contributed by atoms with E-state index in [1.54, 1.807) is 49.4 Å². The Balaban J connectivity index is 1.41. The lowest BCUT2D eigenvalue weighted by atomic mass is 9.76. The number of aliphatic hydroxyl groups excluding tert-OH is 1. The van der Waals surface area contributed by atoms with Crippen molar-refractivity contribution in [2.24, 2.45) is 5.92 Å². The van der Waals surface area contributed by atoms with E-state index in [-0.39, 0.29) is 48.0 Å². The molecule has 3 aromatic rings. The van der Waals surface area contributed by atoms with Crippen LogP contribution in [0, 0.1) is 29.2 Å². The largest absolute Gasteiger partial charge is 0.490 e. The van der Waals surface area contributed by atoms with Crippen molar-refractivity contribution in [3.63, 3.8) is 0 Å². The molecule has 0 aliphatic heterocycles. The fourth-order valence-electron chi connectivity index (χ4n) is 4.95. The van der Waals surface area contributed by atoms with Crippen LogP contribution < -0.4 is 9.47 Å². The first-order valence-corrected chi connectivity index (χ1v) is 12.9. The van der Waals surface area contributed by atoms with Gasteiger partial charge in [0, 0.05) is 11.1 Å². The topological polar surface area (TPSA) is 38.7 Å². The van der Waals surface area contributed by atoms with Gasteiger partial charge in [0.05, 0.1) is 12.7 Å². The summed E-state index contributed by atoms with van der Waals surface area (Å²) < 4.78 is 69.6. The smallest absolute Gasteiger partial charge is 0.201 e. The van der Waals surface area contributed by atoms with E-state index in [1.807, 2.05) is 0 Å². The van der Waals surface area contributed by atoms with Gasteiger partial charge < -0.3 is 14.6 Å². The molecular formula is C31H32F4O3. The average Bonchev–Trinajstić information content (AvgIpc) is 2.92. The summed E-state index contributed by atoms with van der Waals surface area (Å²) in [5, 5.41) is 9.79. The molecule has 7 heteroatoms. The second-order valence-corrected chi connectivity index (χ2v) is 9.77. The Hall–Kier alpha value is -3.32. The third-order valence-corrected chi connectivity index (χ3v) is 7.27. The molecule has 1 unspecified atom stereocenters. The van der Waals surface area contributed by atoms with Crippen molar-refractivity contribution in [1.29, 1.82) is 0 Å². The highest BCUT2D eigenvalue weighted by molar-refractivity contribution is 5.65. The molecule has 0 amide bonds. The van der Waals surface area contributed by atoms with Crippen molar-refractivity contribution < 1.29 is 32.1 Å². The number of ether oxygens (including phenoxy) is 2. The van der Waals surface area contributed by atoms with Crippen LogP contribution in [0.25, 0.3) is 11.1 Å². The highest BCUT2D eigenvalue weighted by atomic mass is 19.2. The van der Waals surface area contributed by atoms with Crippen LogP contribution in [0.3, 0.4) is 0 Å². The molecule has 1 atom stereocenters. The first kappa shape index (κ1) is 27.7. The molecule has 1 aliphatic rings. The zero-order valence-corrected chi connectivity index (χ0v) is 21.4. The molecule has 1 fully saturated rings. The van der Waals surface area contributed by atoms with Crippen LogP contribution in [0.1, 0.15) is 56.1 Å². The van der Waals surface area contributed by atoms with E-state index in [0.29, 0.717) is 36.1 Å². The third kappa shape index (κ3) is 6.21. The van der Waals surface area contributed by atoms with E-state index in [9.17, 15) is 13.9 Å². The van der Waals surface area contributed by atoms with Gasteiger partial charge >= 0.3 is 0 Å². The van der Waals surface area contributed by atoms with E-state index >= 15 is 8.78 Å². The van der Waals surface area contributed by atoms with Crippen molar-refractivity contribution in [1.82, 2.24) is 0 Å². The molecule has 0 spiro atoms. The predicted octanol–water partition coefficient (Wildman–Crippen LogP) is 8.10. The lowest BCUT2D eigenvalue weighted by Gasteiger charge is -2.30. The van der Waals surface area contributed by atoms with Crippen LogP contribution in [0.5, 0.6) is 11.5 Å². The SMILES string of the molecule is C=CCCOc1ccc(COc2ccc(-c3ccc(C4CCC(C(C)O)CC4)c(F)c3F)cc2)c(F)c1F. The Morgan fingerprint density at radius 2 is 1.58 bits per heavy atom.